The fraction of sp³-hybridized carbons (Fsp3) is 0.688. The van der Waals surface area contributed by atoms with Crippen LogP contribution in [-0.4, -0.2) is 16.8 Å². The van der Waals surface area contributed by atoms with Crippen LogP contribution < -0.4 is 11.1 Å². The Hall–Kier alpha value is -1.43. The normalized spacial score (nSPS) is 20.6. The van der Waals surface area contributed by atoms with Crippen molar-refractivity contribution in [3.05, 3.63) is 15.6 Å². The molecule has 1 aromatic heterocycles. The number of carbonyl (C=O) groups is 2. The van der Waals surface area contributed by atoms with E-state index in [0.29, 0.717) is 34.9 Å². The molecule has 1 fully saturated rings. The Bertz CT molecular complexity index is 566. The summed E-state index contributed by atoms with van der Waals surface area (Å²) in [7, 11) is 0. The number of hydrogen-bond donors (Lipinski definition) is 2. The molecule has 2 amide bonds. The van der Waals surface area contributed by atoms with E-state index in [0.717, 1.165) is 17.8 Å². The van der Waals surface area contributed by atoms with Gasteiger partial charge in [-0.15, -0.1) is 11.3 Å². The standard InChI is InChI=1S/C16H25N3O2S/c1-10-14(15(17)21)22-13(19-10)9-18-12(20)7-11-5-4-6-16(2,3)8-11/h11H,4-9H2,1-3H3,(H2,17,21)(H,18,20). The van der Waals surface area contributed by atoms with Crippen LogP contribution in [-0.2, 0) is 11.3 Å². The quantitative estimate of drug-likeness (QED) is 0.873. The summed E-state index contributed by atoms with van der Waals surface area (Å²) in [5.41, 5.74) is 6.27. The lowest BCUT2D eigenvalue weighted by atomic mass is 9.71. The minimum Gasteiger partial charge on any atom is -0.365 e. The highest BCUT2D eigenvalue weighted by atomic mass is 32.1. The molecule has 3 N–H and O–H groups in total. The maximum atomic E-state index is 12.1. The Labute approximate surface area is 135 Å². The van der Waals surface area contributed by atoms with Crippen LogP contribution in [0.5, 0.6) is 0 Å². The van der Waals surface area contributed by atoms with Gasteiger partial charge in [0.05, 0.1) is 12.2 Å². The zero-order valence-electron chi connectivity index (χ0n) is 13.6. The van der Waals surface area contributed by atoms with E-state index in [1.54, 1.807) is 6.92 Å². The Morgan fingerprint density at radius 1 is 1.45 bits per heavy atom. The SMILES string of the molecule is Cc1nc(CNC(=O)CC2CCCC(C)(C)C2)sc1C(N)=O. The van der Waals surface area contributed by atoms with Crippen LogP contribution in [0.15, 0.2) is 0 Å². The van der Waals surface area contributed by atoms with E-state index in [-0.39, 0.29) is 5.91 Å². The van der Waals surface area contributed by atoms with E-state index >= 15 is 0 Å². The molecule has 1 aliphatic carbocycles. The smallest absolute Gasteiger partial charge is 0.260 e. The largest absolute Gasteiger partial charge is 0.365 e. The van der Waals surface area contributed by atoms with Crippen molar-refractivity contribution in [1.29, 1.82) is 0 Å². The third kappa shape index (κ3) is 4.53. The number of nitrogens with two attached hydrogens (primary N) is 1. The minimum absolute atomic E-state index is 0.0659. The lowest BCUT2D eigenvalue weighted by molar-refractivity contribution is -0.122. The van der Waals surface area contributed by atoms with Gasteiger partial charge >= 0.3 is 0 Å². The van der Waals surface area contributed by atoms with Crippen LogP contribution in [0.1, 0.15) is 66.3 Å². The van der Waals surface area contributed by atoms with Gasteiger partial charge in [-0.3, -0.25) is 9.59 Å². The summed E-state index contributed by atoms with van der Waals surface area (Å²) >= 11 is 1.26. The van der Waals surface area contributed by atoms with Gasteiger partial charge in [0.15, 0.2) is 0 Å². The van der Waals surface area contributed by atoms with E-state index < -0.39 is 5.91 Å². The van der Waals surface area contributed by atoms with Gasteiger partial charge < -0.3 is 11.1 Å². The monoisotopic (exact) mass is 323 g/mol. The lowest BCUT2D eigenvalue weighted by Gasteiger charge is -2.34. The number of nitrogens with one attached hydrogen (secondary N) is 1. The highest BCUT2D eigenvalue weighted by Gasteiger charge is 2.29. The van der Waals surface area contributed by atoms with Crippen LogP contribution >= 0.6 is 11.3 Å². The summed E-state index contributed by atoms with van der Waals surface area (Å²) in [5, 5.41) is 3.64. The Morgan fingerprint density at radius 3 is 2.77 bits per heavy atom. The zero-order chi connectivity index (χ0) is 16.3. The average molecular weight is 323 g/mol. The number of aryl methyl sites for hydroxylation is 1. The second-order valence-corrected chi connectivity index (χ2v) is 8.08. The number of nitrogens with zero attached hydrogens (tertiary/aromatic N) is 1. The van der Waals surface area contributed by atoms with Gasteiger partial charge in [-0.2, -0.15) is 0 Å². The minimum atomic E-state index is -0.461. The Balaban J connectivity index is 1.83. The van der Waals surface area contributed by atoms with Crippen molar-refractivity contribution in [2.24, 2.45) is 17.1 Å². The summed E-state index contributed by atoms with van der Waals surface area (Å²) in [5.74, 6) is 0.0798. The van der Waals surface area contributed by atoms with E-state index in [1.807, 2.05) is 0 Å². The van der Waals surface area contributed by atoms with Crippen molar-refractivity contribution >= 4 is 23.2 Å². The molecule has 1 unspecified atom stereocenters. The van der Waals surface area contributed by atoms with Crippen molar-refractivity contribution in [3.8, 4) is 0 Å². The van der Waals surface area contributed by atoms with Crippen LogP contribution in [0, 0.1) is 18.3 Å². The number of thiazole rings is 1. The number of aromatic nitrogens is 1. The van der Waals surface area contributed by atoms with Crippen LogP contribution in [0.4, 0.5) is 0 Å². The second-order valence-electron chi connectivity index (χ2n) is 6.99. The van der Waals surface area contributed by atoms with Crippen LogP contribution in [0.3, 0.4) is 0 Å². The number of hydrogen-bond acceptors (Lipinski definition) is 4. The molecule has 1 aromatic rings. The Kier molecular flexibility index (Phi) is 5.21. The predicted molar refractivity (Wildman–Crippen MR) is 87.6 cm³/mol. The predicted octanol–water partition coefficient (Wildman–Crippen LogP) is 2.77. The molecule has 0 aromatic carbocycles. The van der Waals surface area contributed by atoms with E-state index in [2.05, 4.69) is 24.1 Å². The van der Waals surface area contributed by atoms with Gasteiger partial charge in [-0.05, 0) is 37.5 Å². The van der Waals surface area contributed by atoms with Gasteiger partial charge in [0, 0.05) is 6.42 Å². The van der Waals surface area contributed by atoms with Crippen molar-refractivity contribution < 1.29 is 9.59 Å². The number of rotatable bonds is 5. The molecule has 1 atom stereocenters. The first-order valence-corrected chi connectivity index (χ1v) is 8.61. The molecule has 5 nitrogen and oxygen atoms in total. The first-order valence-electron chi connectivity index (χ1n) is 7.79. The van der Waals surface area contributed by atoms with Crippen molar-refractivity contribution in [3.63, 3.8) is 0 Å². The molecule has 0 aliphatic heterocycles. The van der Waals surface area contributed by atoms with Gasteiger partial charge in [-0.1, -0.05) is 20.3 Å². The first-order chi connectivity index (χ1) is 10.3. The first kappa shape index (κ1) is 16.9. The van der Waals surface area contributed by atoms with E-state index in [9.17, 15) is 9.59 Å². The topological polar surface area (TPSA) is 85.1 Å². The summed E-state index contributed by atoms with van der Waals surface area (Å²) in [4.78, 5) is 28.0. The molecule has 0 bridgehead atoms. The summed E-state index contributed by atoms with van der Waals surface area (Å²) < 4.78 is 0. The summed E-state index contributed by atoms with van der Waals surface area (Å²) in [6.45, 7) is 6.68. The van der Waals surface area contributed by atoms with E-state index in [4.69, 9.17) is 5.73 Å². The highest BCUT2D eigenvalue weighted by Crippen LogP contribution is 2.39. The van der Waals surface area contributed by atoms with Gasteiger partial charge in [-0.25, -0.2) is 4.98 Å². The van der Waals surface area contributed by atoms with Gasteiger partial charge in [0.25, 0.3) is 5.91 Å². The summed E-state index contributed by atoms with van der Waals surface area (Å²) in [6.07, 6.45) is 5.29. The maximum Gasteiger partial charge on any atom is 0.260 e. The Morgan fingerprint density at radius 2 is 2.18 bits per heavy atom. The molecule has 22 heavy (non-hydrogen) atoms. The van der Waals surface area contributed by atoms with Gasteiger partial charge in [0.1, 0.15) is 9.88 Å². The molecule has 1 heterocycles. The fourth-order valence-corrected chi connectivity index (χ4v) is 4.15. The third-order valence-electron chi connectivity index (χ3n) is 4.28. The molecule has 0 spiro atoms. The zero-order valence-corrected chi connectivity index (χ0v) is 14.4. The average Bonchev–Trinajstić information content (AvgIpc) is 2.76. The van der Waals surface area contributed by atoms with E-state index in [1.165, 1.54) is 24.2 Å². The molecular weight excluding hydrogens is 298 g/mol. The van der Waals surface area contributed by atoms with Crippen molar-refractivity contribution in [2.45, 2.75) is 59.4 Å². The summed E-state index contributed by atoms with van der Waals surface area (Å²) in [6, 6.07) is 0. The van der Waals surface area contributed by atoms with Crippen molar-refractivity contribution in [1.82, 2.24) is 10.3 Å². The molecule has 0 saturated heterocycles. The maximum absolute atomic E-state index is 12.1. The van der Waals surface area contributed by atoms with Gasteiger partial charge in [0.2, 0.25) is 5.91 Å². The molecule has 0 radical (unpaired) electrons. The third-order valence-corrected chi connectivity index (χ3v) is 5.45. The molecular formula is C16H25N3O2S. The lowest BCUT2D eigenvalue weighted by Crippen LogP contribution is -2.29. The van der Waals surface area contributed by atoms with Crippen LogP contribution in [0.2, 0.25) is 0 Å². The number of carbonyl (C=O) groups excluding carboxylic acids is 2. The fourth-order valence-electron chi connectivity index (χ4n) is 3.29. The molecule has 1 aliphatic rings. The van der Waals surface area contributed by atoms with Crippen molar-refractivity contribution in [2.75, 3.05) is 0 Å². The number of amides is 2. The molecule has 122 valence electrons. The molecule has 6 heteroatoms. The number of primary amides is 1. The van der Waals surface area contributed by atoms with Crippen LogP contribution in [0.25, 0.3) is 0 Å². The molecule has 1 saturated carbocycles. The second kappa shape index (κ2) is 6.77. The molecule has 2 rings (SSSR count). The highest BCUT2D eigenvalue weighted by molar-refractivity contribution is 7.13.